The Morgan fingerprint density at radius 2 is 1.79 bits per heavy atom. The molecule has 0 spiro atoms. The lowest BCUT2D eigenvalue weighted by molar-refractivity contribution is -0.910. The molecule has 7 heteroatoms. The number of nitrogens with two attached hydrogens (primary N) is 1. The first-order valence-electron chi connectivity index (χ1n) is 10.0. The largest absolute Gasteiger partial charge is 0.490 e. The predicted octanol–water partition coefficient (Wildman–Crippen LogP) is 1.31. The Kier molecular flexibility index (Phi) is 5.67. The van der Waals surface area contributed by atoms with Crippen LogP contribution in [0.3, 0.4) is 0 Å². The van der Waals surface area contributed by atoms with Crippen molar-refractivity contribution < 1.29 is 24.0 Å². The van der Waals surface area contributed by atoms with Gasteiger partial charge in [0.25, 0.3) is 5.91 Å². The van der Waals surface area contributed by atoms with E-state index in [2.05, 4.69) is 17.4 Å². The number of nitrogens with one attached hydrogen (secondary N) is 2. The number of amides is 2. The molecular weight excluding hydrogens is 370 g/mol. The maximum Gasteiger partial charge on any atom is 0.279 e. The van der Waals surface area contributed by atoms with Crippen LogP contribution in [-0.4, -0.2) is 38.1 Å². The minimum atomic E-state index is -0.484. The van der Waals surface area contributed by atoms with Gasteiger partial charge in [0, 0.05) is 36.1 Å². The minimum Gasteiger partial charge on any atom is -0.490 e. The van der Waals surface area contributed by atoms with Crippen molar-refractivity contribution in [1.82, 2.24) is 0 Å². The topological polar surface area (TPSA) is 95.1 Å². The average Bonchev–Trinajstić information content (AvgIpc) is 3.03. The van der Waals surface area contributed by atoms with E-state index in [-0.39, 0.29) is 11.9 Å². The number of rotatable bonds is 5. The van der Waals surface area contributed by atoms with Crippen molar-refractivity contribution >= 4 is 17.5 Å². The Labute approximate surface area is 169 Å². The molecule has 4 N–H and O–H groups in total. The summed E-state index contributed by atoms with van der Waals surface area (Å²) in [5, 5.41) is 2.91. The number of hydrogen-bond acceptors (Lipinski definition) is 4. The van der Waals surface area contributed by atoms with E-state index in [0.29, 0.717) is 31.0 Å². The Balaban J connectivity index is 1.41. The number of ether oxygens (including phenoxy) is 2. The number of quaternary nitrogens is 1. The summed E-state index contributed by atoms with van der Waals surface area (Å²) < 4.78 is 11.5. The van der Waals surface area contributed by atoms with Crippen LogP contribution in [0.1, 0.15) is 41.2 Å². The molecule has 2 aromatic rings. The van der Waals surface area contributed by atoms with Gasteiger partial charge in [-0.25, -0.2) is 0 Å². The highest BCUT2D eigenvalue weighted by Gasteiger charge is 2.32. The first-order chi connectivity index (χ1) is 14.1. The van der Waals surface area contributed by atoms with Crippen molar-refractivity contribution in [2.24, 2.45) is 5.73 Å². The lowest BCUT2D eigenvalue weighted by atomic mass is 10.0. The third kappa shape index (κ3) is 4.51. The quantitative estimate of drug-likeness (QED) is 0.710. The summed E-state index contributed by atoms with van der Waals surface area (Å²) in [5.74, 6) is 1.06. The molecule has 1 fully saturated rings. The second-order valence-corrected chi connectivity index (χ2v) is 7.53. The van der Waals surface area contributed by atoms with E-state index in [9.17, 15) is 9.59 Å². The van der Waals surface area contributed by atoms with Crippen molar-refractivity contribution in [2.75, 3.05) is 31.6 Å². The Morgan fingerprint density at radius 3 is 2.55 bits per heavy atom. The fourth-order valence-electron chi connectivity index (χ4n) is 4.05. The van der Waals surface area contributed by atoms with Crippen LogP contribution >= 0.6 is 0 Å². The van der Waals surface area contributed by atoms with Crippen LogP contribution in [0.4, 0.5) is 5.69 Å². The molecule has 0 radical (unpaired) electrons. The van der Waals surface area contributed by atoms with Gasteiger partial charge in [0.15, 0.2) is 18.0 Å². The molecule has 2 aromatic carbocycles. The summed E-state index contributed by atoms with van der Waals surface area (Å²) in [6.45, 7) is 2.67. The zero-order valence-corrected chi connectivity index (χ0v) is 16.3. The monoisotopic (exact) mass is 396 g/mol. The molecule has 4 rings (SSSR count). The molecule has 0 aliphatic carbocycles. The molecule has 0 bridgehead atoms. The number of carbonyl (C=O) groups excluding carboxylic acids is 2. The van der Waals surface area contributed by atoms with Gasteiger partial charge in [-0.15, -0.1) is 0 Å². The fraction of sp³-hybridized carbons (Fsp3) is 0.364. The van der Waals surface area contributed by atoms with Crippen LogP contribution in [0.2, 0.25) is 0 Å². The van der Waals surface area contributed by atoms with Crippen LogP contribution in [-0.2, 0) is 4.79 Å². The summed E-state index contributed by atoms with van der Waals surface area (Å²) in [7, 11) is 0. The van der Waals surface area contributed by atoms with Gasteiger partial charge >= 0.3 is 0 Å². The smallest absolute Gasteiger partial charge is 0.279 e. The number of carbonyl (C=O) groups is 2. The molecule has 29 heavy (non-hydrogen) atoms. The predicted molar refractivity (Wildman–Crippen MR) is 108 cm³/mol. The van der Waals surface area contributed by atoms with Gasteiger partial charge < -0.3 is 25.4 Å². The molecular formula is C22H26N3O4+. The number of primary amides is 1. The normalized spacial score (nSPS) is 20.7. The Morgan fingerprint density at radius 1 is 1.03 bits per heavy atom. The molecule has 0 saturated carbocycles. The van der Waals surface area contributed by atoms with E-state index in [1.165, 1.54) is 10.5 Å². The van der Waals surface area contributed by atoms with Crippen molar-refractivity contribution in [2.45, 2.75) is 25.3 Å². The van der Waals surface area contributed by atoms with Crippen molar-refractivity contribution in [3.05, 3.63) is 53.6 Å². The second kappa shape index (κ2) is 8.53. The van der Waals surface area contributed by atoms with Gasteiger partial charge in [-0.3, -0.25) is 9.59 Å². The van der Waals surface area contributed by atoms with Gasteiger partial charge in [-0.1, -0.05) is 0 Å². The van der Waals surface area contributed by atoms with Crippen LogP contribution in [0.5, 0.6) is 11.5 Å². The third-order valence-electron chi connectivity index (χ3n) is 5.50. The van der Waals surface area contributed by atoms with Crippen LogP contribution in [0, 0.1) is 0 Å². The zero-order valence-electron chi connectivity index (χ0n) is 16.3. The van der Waals surface area contributed by atoms with Gasteiger partial charge in [0.1, 0.15) is 6.04 Å². The van der Waals surface area contributed by atoms with E-state index in [1.807, 2.05) is 6.07 Å². The van der Waals surface area contributed by atoms with Gasteiger partial charge in [0.05, 0.1) is 19.8 Å². The van der Waals surface area contributed by atoms with Gasteiger partial charge in [0.2, 0.25) is 5.91 Å². The molecule has 2 aliphatic heterocycles. The molecule has 0 aromatic heterocycles. The Bertz CT molecular complexity index is 897. The van der Waals surface area contributed by atoms with E-state index in [0.717, 1.165) is 37.3 Å². The molecule has 2 aliphatic rings. The summed E-state index contributed by atoms with van der Waals surface area (Å²) in [4.78, 5) is 25.0. The highest BCUT2D eigenvalue weighted by Crippen LogP contribution is 2.33. The van der Waals surface area contributed by atoms with Crippen LogP contribution < -0.4 is 25.4 Å². The van der Waals surface area contributed by atoms with Crippen molar-refractivity contribution in [3.8, 4) is 11.5 Å². The molecule has 2 amide bonds. The summed E-state index contributed by atoms with van der Waals surface area (Å²) in [5.41, 5.74) is 7.51. The van der Waals surface area contributed by atoms with Gasteiger partial charge in [-0.05, 0) is 42.5 Å². The number of likely N-dealkylation sites (tertiary alicyclic amines) is 1. The zero-order chi connectivity index (χ0) is 20.2. The summed E-state index contributed by atoms with van der Waals surface area (Å²) >= 11 is 0. The average molecular weight is 396 g/mol. The third-order valence-corrected chi connectivity index (χ3v) is 5.50. The SMILES string of the molecule is NC(=O)c1ccc(NC(=O)C[NH+]2CCC[C@H]2c2ccc3c(c2)OCCCO3)cc1. The first kappa shape index (κ1) is 19.3. The van der Waals surface area contributed by atoms with E-state index in [4.69, 9.17) is 15.2 Å². The fourth-order valence-corrected chi connectivity index (χ4v) is 4.05. The van der Waals surface area contributed by atoms with E-state index in [1.54, 1.807) is 24.3 Å². The number of benzene rings is 2. The van der Waals surface area contributed by atoms with E-state index >= 15 is 0 Å². The molecule has 152 valence electrons. The summed E-state index contributed by atoms with van der Waals surface area (Å²) in [6.07, 6.45) is 3.00. The Hall–Kier alpha value is -3.06. The first-order valence-corrected chi connectivity index (χ1v) is 10.0. The molecule has 2 atom stereocenters. The second-order valence-electron chi connectivity index (χ2n) is 7.53. The van der Waals surface area contributed by atoms with Crippen LogP contribution in [0.25, 0.3) is 0 Å². The summed E-state index contributed by atoms with van der Waals surface area (Å²) in [6, 6.07) is 13.0. The maximum atomic E-state index is 12.6. The molecule has 7 nitrogen and oxygen atoms in total. The lowest BCUT2D eigenvalue weighted by Crippen LogP contribution is -3.11. The highest BCUT2D eigenvalue weighted by atomic mass is 16.5. The van der Waals surface area contributed by atoms with Gasteiger partial charge in [-0.2, -0.15) is 0 Å². The van der Waals surface area contributed by atoms with E-state index < -0.39 is 5.91 Å². The molecule has 2 heterocycles. The number of hydrogen-bond donors (Lipinski definition) is 3. The van der Waals surface area contributed by atoms with Crippen molar-refractivity contribution in [1.29, 1.82) is 0 Å². The minimum absolute atomic E-state index is 0.0481. The number of fused-ring (bicyclic) bond motifs is 1. The number of anilines is 1. The van der Waals surface area contributed by atoms with Crippen molar-refractivity contribution in [3.63, 3.8) is 0 Å². The van der Waals surface area contributed by atoms with Crippen LogP contribution in [0.15, 0.2) is 42.5 Å². The molecule has 1 unspecified atom stereocenters. The molecule has 1 saturated heterocycles. The highest BCUT2D eigenvalue weighted by molar-refractivity contribution is 5.95. The maximum absolute atomic E-state index is 12.6. The standard InChI is InChI=1S/C22H25N3O4/c23-22(27)15-4-7-17(8-5-15)24-21(26)14-25-10-1-3-18(25)16-6-9-19-20(13-16)29-12-2-11-28-19/h4-9,13,18H,1-3,10-12,14H2,(H2,23,27)(H,24,26)/p+1/t18-/m0/s1. The lowest BCUT2D eigenvalue weighted by Gasteiger charge is -2.22.